The number of anilines is 1. The largest absolute Gasteiger partial charge is 0.493 e. The Labute approximate surface area is 246 Å². The van der Waals surface area contributed by atoms with Crippen LogP contribution in [0.2, 0.25) is 0 Å². The van der Waals surface area contributed by atoms with Crippen molar-refractivity contribution in [3.63, 3.8) is 0 Å². The normalized spacial score (nSPS) is 11.3. The van der Waals surface area contributed by atoms with Gasteiger partial charge in [-0.15, -0.1) is 0 Å². The Morgan fingerprint density at radius 1 is 0.976 bits per heavy atom. The third kappa shape index (κ3) is 8.27. The smallest absolute Gasteiger partial charge is 0.251 e. The molecular formula is C32H38N4O4S. The second kappa shape index (κ2) is 13.6. The van der Waals surface area contributed by atoms with Crippen LogP contribution in [0, 0.1) is 0 Å². The fourth-order valence-corrected chi connectivity index (χ4v) is 4.93. The highest BCUT2D eigenvalue weighted by atomic mass is 32.2. The van der Waals surface area contributed by atoms with Crippen molar-refractivity contribution in [2.45, 2.75) is 50.1 Å². The Hall–Kier alpha value is -3.98. The topological polar surface area (TPSA) is 89.7 Å². The first-order valence-electron chi connectivity index (χ1n) is 13.5. The minimum absolute atomic E-state index is 0.136. The lowest BCUT2D eigenvalue weighted by Gasteiger charge is -2.23. The zero-order valence-electron chi connectivity index (χ0n) is 24.6. The summed E-state index contributed by atoms with van der Waals surface area (Å²) in [4.78, 5) is 24.6. The highest BCUT2D eigenvalue weighted by molar-refractivity contribution is 7.98. The SMILES string of the molecule is COc1ccc(CCN(C)c2cc(C(C)(C)C)nc(SCc3cccc(C(=O)NCc4ccco4)c3)n2)cc1OC. The summed E-state index contributed by atoms with van der Waals surface area (Å²) in [6.45, 7) is 7.59. The summed E-state index contributed by atoms with van der Waals surface area (Å²) in [6.07, 6.45) is 2.42. The van der Waals surface area contributed by atoms with Crippen LogP contribution in [0.1, 0.15) is 53.7 Å². The van der Waals surface area contributed by atoms with Gasteiger partial charge in [0.15, 0.2) is 16.7 Å². The van der Waals surface area contributed by atoms with E-state index in [2.05, 4.69) is 50.2 Å². The molecule has 4 aromatic rings. The van der Waals surface area contributed by atoms with Crippen molar-refractivity contribution in [2.24, 2.45) is 0 Å². The van der Waals surface area contributed by atoms with Gasteiger partial charge >= 0.3 is 0 Å². The first kappa shape index (κ1) is 30.0. The maximum Gasteiger partial charge on any atom is 0.251 e. The molecule has 1 amide bonds. The molecule has 1 N–H and O–H groups in total. The number of carbonyl (C=O) groups excluding carboxylic acids is 1. The Bertz CT molecular complexity index is 1450. The van der Waals surface area contributed by atoms with Gasteiger partial charge < -0.3 is 24.1 Å². The van der Waals surface area contributed by atoms with Gasteiger partial charge in [0.2, 0.25) is 0 Å². The van der Waals surface area contributed by atoms with Gasteiger partial charge in [-0.2, -0.15) is 0 Å². The lowest BCUT2D eigenvalue weighted by molar-refractivity contribution is 0.0948. The van der Waals surface area contributed by atoms with E-state index in [0.29, 0.717) is 28.8 Å². The third-order valence-corrected chi connectivity index (χ3v) is 7.51. The van der Waals surface area contributed by atoms with Crippen molar-refractivity contribution in [3.05, 3.63) is 95.1 Å². The monoisotopic (exact) mass is 574 g/mol. The summed E-state index contributed by atoms with van der Waals surface area (Å²) < 4.78 is 16.1. The molecule has 216 valence electrons. The van der Waals surface area contributed by atoms with Crippen LogP contribution in [0.5, 0.6) is 11.5 Å². The predicted octanol–water partition coefficient (Wildman–Crippen LogP) is 6.29. The number of carbonyl (C=O) groups is 1. The number of methoxy groups -OCH3 is 2. The third-order valence-electron chi connectivity index (χ3n) is 6.60. The highest BCUT2D eigenvalue weighted by Gasteiger charge is 2.20. The fourth-order valence-electron chi connectivity index (χ4n) is 4.14. The summed E-state index contributed by atoms with van der Waals surface area (Å²) in [7, 11) is 5.34. The van der Waals surface area contributed by atoms with Crippen LogP contribution in [0.15, 0.2) is 76.5 Å². The zero-order chi connectivity index (χ0) is 29.4. The Balaban J connectivity index is 1.44. The molecule has 0 saturated carbocycles. The standard InChI is InChI=1S/C32H38N4O4S/c1-32(2,3)28-19-29(36(4)15-14-22-12-13-26(38-5)27(18-22)39-6)35-31(34-28)41-21-23-9-7-10-24(17-23)30(37)33-20-25-11-8-16-40-25/h7-13,16-19H,14-15,20-21H2,1-6H3,(H,33,37). The minimum Gasteiger partial charge on any atom is -0.493 e. The molecule has 0 radical (unpaired) electrons. The summed E-state index contributed by atoms with van der Waals surface area (Å²) in [5, 5.41) is 3.61. The summed E-state index contributed by atoms with van der Waals surface area (Å²) in [5.74, 6) is 3.53. The van der Waals surface area contributed by atoms with Crippen LogP contribution in [0.4, 0.5) is 5.82 Å². The second-order valence-corrected chi connectivity index (χ2v) is 11.7. The summed E-state index contributed by atoms with van der Waals surface area (Å²) >= 11 is 1.56. The lowest BCUT2D eigenvalue weighted by Crippen LogP contribution is -2.24. The van der Waals surface area contributed by atoms with Gasteiger partial charge in [0.05, 0.1) is 32.7 Å². The van der Waals surface area contributed by atoms with E-state index in [4.69, 9.17) is 23.9 Å². The van der Waals surface area contributed by atoms with Gasteiger partial charge in [-0.05, 0) is 53.9 Å². The molecule has 41 heavy (non-hydrogen) atoms. The highest BCUT2D eigenvalue weighted by Crippen LogP contribution is 2.30. The molecule has 9 heteroatoms. The average Bonchev–Trinajstić information content (AvgIpc) is 3.50. The number of likely N-dealkylation sites (N-methyl/N-ethyl adjacent to an activating group) is 1. The number of hydrogen-bond acceptors (Lipinski definition) is 8. The number of nitrogens with one attached hydrogen (secondary N) is 1. The number of furan rings is 1. The van der Waals surface area contributed by atoms with Gasteiger partial charge in [0, 0.05) is 36.4 Å². The lowest BCUT2D eigenvalue weighted by atomic mass is 9.92. The van der Waals surface area contributed by atoms with Crippen LogP contribution >= 0.6 is 11.8 Å². The van der Waals surface area contributed by atoms with E-state index in [-0.39, 0.29) is 11.3 Å². The number of rotatable bonds is 12. The van der Waals surface area contributed by atoms with Gasteiger partial charge in [-0.25, -0.2) is 9.97 Å². The molecular weight excluding hydrogens is 536 g/mol. The Morgan fingerprint density at radius 3 is 2.49 bits per heavy atom. The Morgan fingerprint density at radius 2 is 1.78 bits per heavy atom. The number of hydrogen-bond donors (Lipinski definition) is 1. The first-order chi connectivity index (χ1) is 19.7. The van der Waals surface area contributed by atoms with Crippen molar-refractivity contribution >= 4 is 23.5 Å². The van der Waals surface area contributed by atoms with Gasteiger partial charge in [0.1, 0.15) is 11.6 Å². The molecule has 0 unspecified atom stereocenters. The van der Waals surface area contributed by atoms with E-state index < -0.39 is 0 Å². The number of ether oxygens (including phenoxy) is 2. The van der Waals surface area contributed by atoms with Crippen LogP contribution in [0.3, 0.4) is 0 Å². The van der Waals surface area contributed by atoms with Crippen LogP contribution in [-0.2, 0) is 24.1 Å². The second-order valence-electron chi connectivity index (χ2n) is 10.8. The Kier molecular flexibility index (Phi) is 9.94. The molecule has 0 spiro atoms. The maximum absolute atomic E-state index is 12.7. The van der Waals surface area contributed by atoms with Crippen molar-refractivity contribution < 1.29 is 18.7 Å². The predicted molar refractivity (Wildman–Crippen MR) is 163 cm³/mol. The van der Waals surface area contributed by atoms with E-state index in [1.165, 1.54) is 0 Å². The van der Waals surface area contributed by atoms with E-state index >= 15 is 0 Å². The quantitative estimate of drug-likeness (QED) is 0.156. The molecule has 2 aromatic carbocycles. The fraction of sp³-hybridized carbons (Fsp3) is 0.344. The molecule has 0 aliphatic heterocycles. The zero-order valence-corrected chi connectivity index (χ0v) is 25.4. The van der Waals surface area contributed by atoms with Crippen molar-refractivity contribution in [1.29, 1.82) is 0 Å². The van der Waals surface area contributed by atoms with E-state index in [9.17, 15) is 4.79 Å². The van der Waals surface area contributed by atoms with Crippen LogP contribution in [-0.4, -0.2) is 43.7 Å². The number of thioether (sulfide) groups is 1. The van der Waals surface area contributed by atoms with Gasteiger partial charge in [-0.1, -0.05) is 50.7 Å². The molecule has 0 saturated heterocycles. The molecule has 2 heterocycles. The molecule has 8 nitrogen and oxygen atoms in total. The van der Waals surface area contributed by atoms with Gasteiger partial charge in [0.25, 0.3) is 5.91 Å². The number of benzene rings is 2. The van der Waals surface area contributed by atoms with Crippen LogP contribution in [0.25, 0.3) is 0 Å². The summed E-state index contributed by atoms with van der Waals surface area (Å²) in [5.41, 5.74) is 3.63. The molecule has 0 fully saturated rings. The molecule has 4 rings (SSSR count). The molecule has 0 aliphatic rings. The molecule has 0 aliphatic carbocycles. The summed E-state index contributed by atoms with van der Waals surface area (Å²) in [6, 6.07) is 19.4. The number of nitrogens with zero attached hydrogens (tertiary/aromatic N) is 3. The maximum atomic E-state index is 12.7. The van der Waals surface area contributed by atoms with Crippen molar-refractivity contribution in [1.82, 2.24) is 15.3 Å². The molecule has 0 bridgehead atoms. The number of aromatic nitrogens is 2. The minimum atomic E-state index is -0.141. The van der Waals surface area contributed by atoms with Crippen LogP contribution < -0.4 is 19.7 Å². The van der Waals surface area contributed by atoms with E-state index in [0.717, 1.165) is 47.1 Å². The molecule has 0 atom stereocenters. The van der Waals surface area contributed by atoms with Crippen molar-refractivity contribution in [2.75, 3.05) is 32.7 Å². The van der Waals surface area contributed by atoms with E-state index in [1.807, 2.05) is 42.5 Å². The first-order valence-corrected chi connectivity index (χ1v) is 14.5. The average molecular weight is 575 g/mol. The van der Waals surface area contributed by atoms with E-state index in [1.54, 1.807) is 38.3 Å². The van der Waals surface area contributed by atoms with Crippen molar-refractivity contribution in [3.8, 4) is 11.5 Å². The molecule has 2 aromatic heterocycles. The van der Waals surface area contributed by atoms with Gasteiger partial charge in [-0.3, -0.25) is 4.79 Å². The number of amides is 1.